The van der Waals surface area contributed by atoms with Gasteiger partial charge in [0.25, 0.3) is 5.91 Å². The SMILES string of the molecule is CCN(CCc1ccccc1)C(=O)c1cc(N)ccc1Br. The fourth-order valence-electron chi connectivity index (χ4n) is 2.19. The maximum Gasteiger partial charge on any atom is 0.255 e. The number of nitrogen functional groups attached to an aromatic ring is 1. The smallest absolute Gasteiger partial charge is 0.255 e. The Labute approximate surface area is 133 Å². The van der Waals surface area contributed by atoms with Crippen molar-refractivity contribution in [2.75, 3.05) is 18.8 Å². The molecule has 0 heterocycles. The first-order valence-corrected chi connectivity index (χ1v) is 7.79. The summed E-state index contributed by atoms with van der Waals surface area (Å²) in [6.45, 7) is 3.36. The summed E-state index contributed by atoms with van der Waals surface area (Å²) in [6, 6.07) is 15.5. The maximum absolute atomic E-state index is 12.6. The number of nitrogens with zero attached hydrogens (tertiary/aromatic N) is 1. The fraction of sp³-hybridized carbons (Fsp3) is 0.235. The fourth-order valence-corrected chi connectivity index (χ4v) is 2.61. The number of hydrogen-bond donors (Lipinski definition) is 1. The second-order valence-electron chi connectivity index (χ2n) is 4.86. The molecule has 110 valence electrons. The van der Waals surface area contributed by atoms with Crippen molar-refractivity contribution in [2.45, 2.75) is 13.3 Å². The molecule has 2 aromatic rings. The van der Waals surface area contributed by atoms with Gasteiger partial charge >= 0.3 is 0 Å². The van der Waals surface area contributed by atoms with Crippen LogP contribution in [0.4, 0.5) is 5.69 Å². The molecular weight excluding hydrogens is 328 g/mol. The minimum absolute atomic E-state index is 0.00704. The van der Waals surface area contributed by atoms with E-state index in [0.29, 0.717) is 24.3 Å². The number of halogens is 1. The third kappa shape index (κ3) is 4.08. The average molecular weight is 347 g/mol. The summed E-state index contributed by atoms with van der Waals surface area (Å²) < 4.78 is 0.778. The first-order valence-electron chi connectivity index (χ1n) is 7.00. The van der Waals surface area contributed by atoms with Crippen molar-refractivity contribution in [3.8, 4) is 0 Å². The third-order valence-corrected chi connectivity index (χ3v) is 4.09. The predicted octanol–water partition coefficient (Wildman–Crippen LogP) is 3.74. The molecule has 0 bridgehead atoms. The Hall–Kier alpha value is -1.81. The lowest BCUT2D eigenvalue weighted by Crippen LogP contribution is -2.33. The molecule has 0 radical (unpaired) electrons. The third-order valence-electron chi connectivity index (χ3n) is 3.40. The summed E-state index contributed by atoms with van der Waals surface area (Å²) in [6.07, 6.45) is 0.848. The number of nitrogens with two attached hydrogens (primary N) is 1. The number of benzene rings is 2. The monoisotopic (exact) mass is 346 g/mol. The Bertz CT molecular complexity index is 613. The molecule has 0 spiro atoms. The van der Waals surface area contributed by atoms with E-state index in [-0.39, 0.29) is 5.91 Å². The molecule has 0 fully saturated rings. The molecule has 0 unspecified atom stereocenters. The Morgan fingerprint density at radius 3 is 2.57 bits per heavy atom. The molecule has 0 aliphatic rings. The minimum atomic E-state index is 0.00704. The molecule has 0 atom stereocenters. The van der Waals surface area contributed by atoms with Crippen LogP contribution in [0.15, 0.2) is 53.0 Å². The number of likely N-dealkylation sites (N-methyl/N-ethyl adjacent to an activating group) is 1. The highest BCUT2D eigenvalue weighted by Crippen LogP contribution is 2.21. The Kier molecular flexibility index (Phi) is 5.39. The van der Waals surface area contributed by atoms with Crippen LogP contribution in [-0.4, -0.2) is 23.9 Å². The Morgan fingerprint density at radius 2 is 1.90 bits per heavy atom. The van der Waals surface area contributed by atoms with Crippen LogP contribution in [0.1, 0.15) is 22.8 Å². The van der Waals surface area contributed by atoms with E-state index in [4.69, 9.17) is 5.73 Å². The highest BCUT2D eigenvalue weighted by atomic mass is 79.9. The molecule has 3 nitrogen and oxygen atoms in total. The van der Waals surface area contributed by atoms with E-state index in [2.05, 4.69) is 28.1 Å². The van der Waals surface area contributed by atoms with Gasteiger partial charge in [0.05, 0.1) is 5.56 Å². The second kappa shape index (κ2) is 7.27. The Morgan fingerprint density at radius 1 is 1.19 bits per heavy atom. The molecular formula is C17H19BrN2O. The zero-order valence-corrected chi connectivity index (χ0v) is 13.6. The summed E-state index contributed by atoms with van der Waals surface area (Å²) in [5.41, 5.74) is 8.23. The lowest BCUT2D eigenvalue weighted by Gasteiger charge is -2.21. The molecule has 2 aromatic carbocycles. The van der Waals surface area contributed by atoms with Crippen molar-refractivity contribution in [3.63, 3.8) is 0 Å². The van der Waals surface area contributed by atoms with Gasteiger partial charge in [-0.3, -0.25) is 4.79 Å². The van der Waals surface area contributed by atoms with Crippen LogP contribution in [0.5, 0.6) is 0 Å². The van der Waals surface area contributed by atoms with E-state index in [0.717, 1.165) is 10.9 Å². The summed E-state index contributed by atoms with van der Waals surface area (Å²) in [7, 11) is 0. The van der Waals surface area contributed by atoms with Gasteiger partial charge in [-0.05, 0) is 53.0 Å². The van der Waals surface area contributed by atoms with Gasteiger partial charge in [-0.2, -0.15) is 0 Å². The molecule has 0 aliphatic heterocycles. The summed E-state index contributed by atoms with van der Waals surface area (Å²) in [5.74, 6) is 0.00704. The lowest BCUT2D eigenvalue weighted by molar-refractivity contribution is 0.0765. The quantitative estimate of drug-likeness (QED) is 0.838. The number of hydrogen-bond acceptors (Lipinski definition) is 2. The number of carbonyl (C=O) groups excluding carboxylic acids is 1. The molecule has 2 N–H and O–H groups in total. The second-order valence-corrected chi connectivity index (χ2v) is 5.71. The number of carbonyl (C=O) groups is 1. The van der Waals surface area contributed by atoms with Gasteiger partial charge in [0, 0.05) is 23.2 Å². The molecule has 0 saturated carbocycles. The number of anilines is 1. The average Bonchev–Trinajstić information content (AvgIpc) is 2.51. The van der Waals surface area contributed by atoms with Crippen LogP contribution < -0.4 is 5.73 Å². The van der Waals surface area contributed by atoms with E-state index >= 15 is 0 Å². The van der Waals surface area contributed by atoms with Crippen LogP contribution in [0.25, 0.3) is 0 Å². The molecule has 0 aliphatic carbocycles. The zero-order valence-electron chi connectivity index (χ0n) is 12.1. The van der Waals surface area contributed by atoms with E-state index < -0.39 is 0 Å². The predicted molar refractivity (Wildman–Crippen MR) is 90.3 cm³/mol. The van der Waals surface area contributed by atoms with Crippen molar-refractivity contribution in [3.05, 3.63) is 64.1 Å². The lowest BCUT2D eigenvalue weighted by atomic mass is 10.1. The summed E-state index contributed by atoms with van der Waals surface area (Å²) in [4.78, 5) is 14.5. The van der Waals surface area contributed by atoms with E-state index in [9.17, 15) is 4.79 Å². The van der Waals surface area contributed by atoms with Crippen molar-refractivity contribution >= 4 is 27.5 Å². The van der Waals surface area contributed by atoms with Crippen molar-refractivity contribution in [1.29, 1.82) is 0 Å². The molecule has 0 saturated heterocycles. The zero-order chi connectivity index (χ0) is 15.2. The summed E-state index contributed by atoms with van der Waals surface area (Å²) >= 11 is 3.42. The van der Waals surface area contributed by atoms with Gasteiger partial charge in [-0.15, -0.1) is 0 Å². The first-order chi connectivity index (χ1) is 10.1. The van der Waals surface area contributed by atoms with Gasteiger partial charge in [0.1, 0.15) is 0 Å². The first kappa shape index (κ1) is 15.6. The van der Waals surface area contributed by atoms with E-state index in [1.165, 1.54) is 5.56 Å². The van der Waals surface area contributed by atoms with Crippen LogP contribution in [-0.2, 0) is 6.42 Å². The van der Waals surface area contributed by atoms with Gasteiger partial charge < -0.3 is 10.6 Å². The normalized spacial score (nSPS) is 10.4. The van der Waals surface area contributed by atoms with Crippen molar-refractivity contribution in [1.82, 2.24) is 4.90 Å². The number of rotatable bonds is 5. The molecule has 1 amide bonds. The van der Waals surface area contributed by atoms with Crippen molar-refractivity contribution in [2.24, 2.45) is 0 Å². The van der Waals surface area contributed by atoms with Crippen LogP contribution >= 0.6 is 15.9 Å². The van der Waals surface area contributed by atoms with Gasteiger partial charge in [-0.1, -0.05) is 30.3 Å². The highest BCUT2D eigenvalue weighted by Gasteiger charge is 2.17. The molecule has 2 rings (SSSR count). The van der Waals surface area contributed by atoms with E-state index in [1.54, 1.807) is 12.1 Å². The van der Waals surface area contributed by atoms with E-state index in [1.807, 2.05) is 36.1 Å². The highest BCUT2D eigenvalue weighted by molar-refractivity contribution is 9.10. The van der Waals surface area contributed by atoms with Gasteiger partial charge in [0.15, 0.2) is 0 Å². The van der Waals surface area contributed by atoms with Gasteiger partial charge in [0.2, 0.25) is 0 Å². The van der Waals surface area contributed by atoms with Crippen LogP contribution in [0.3, 0.4) is 0 Å². The minimum Gasteiger partial charge on any atom is -0.399 e. The topological polar surface area (TPSA) is 46.3 Å². The summed E-state index contributed by atoms with van der Waals surface area (Å²) in [5, 5.41) is 0. The molecule has 4 heteroatoms. The van der Waals surface area contributed by atoms with Crippen LogP contribution in [0, 0.1) is 0 Å². The standard InChI is InChI=1S/C17H19BrN2O/c1-2-20(11-10-13-6-4-3-5-7-13)17(21)15-12-14(19)8-9-16(15)18/h3-9,12H,2,10-11,19H2,1H3. The maximum atomic E-state index is 12.6. The van der Waals surface area contributed by atoms with Gasteiger partial charge in [-0.25, -0.2) is 0 Å². The molecule has 0 aromatic heterocycles. The van der Waals surface area contributed by atoms with Crippen LogP contribution in [0.2, 0.25) is 0 Å². The van der Waals surface area contributed by atoms with Crippen molar-refractivity contribution < 1.29 is 4.79 Å². The molecule has 21 heavy (non-hydrogen) atoms. The largest absolute Gasteiger partial charge is 0.399 e. The Balaban J connectivity index is 2.10. The number of amides is 1.